The second kappa shape index (κ2) is 15.8. The molecular formula is C28H39FN9O2+. The Morgan fingerprint density at radius 2 is 1.95 bits per heavy atom. The van der Waals surface area contributed by atoms with Crippen molar-refractivity contribution >= 4 is 40.9 Å². The number of hydrogen-bond donors (Lipinski definition) is 5. The number of rotatable bonds is 13. The van der Waals surface area contributed by atoms with Gasteiger partial charge in [-0.1, -0.05) is 17.9 Å². The van der Waals surface area contributed by atoms with E-state index in [1.54, 1.807) is 58.5 Å². The van der Waals surface area contributed by atoms with Gasteiger partial charge in [-0.25, -0.2) is 10.4 Å². The number of nitrogens with one attached hydrogen (secondary N) is 4. The molecule has 2 amide bonds. The molecule has 11 nitrogen and oxygen atoms in total. The molecule has 2 aromatic rings. The van der Waals surface area contributed by atoms with Gasteiger partial charge in [-0.15, -0.1) is 4.39 Å². The number of anilines is 4. The van der Waals surface area contributed by atoms with E-state index in [1.807, 2.05) is 19.0 Å². The Kier molecular flexibility index (Phi) is 12.5. The largest absolute Gasteiger partial charge is 0.387 e. The maximum absolute atomic E-state index is 13.7. The van der Waals surface area contributed by atoms with E-state index in [-0.39, 0.29) is 17.4 Å². The standard InChI is InChI=1S/C28H38FN9O2/c1-19(38(6)24(39)12-10-16-37(4)5)27(40)33-15-9-7-8-11-20-18-34-28(36-26(20)32-3)35-21-13-14-23(31-2)22(17-21)25(29)30/h10,12-14,17-19,30-31H,7,9,15-16H2,1-6H3,(H,33,40)(H2,32,34,35,36)/p+1/b12-10+,30-25?/t19-/m0/s1. The Morgan fingerprint density at radius 3 is 2.60 bits per heavy atom. The van der Waals surface area contributed by atoms with Crippen molar-refractivity contribution in [2.75, 3.05) is 64.3 Å². The van der Waals surface area contributed by atoms with Crippen molar-refractivity contribution in [1.29, 1.82) is 0 Å². The molecule has 0 aliphatic heterocycles. The fourth-order valence-electron chi connectivity index (χ4n) is 3.43. The third-order valence-corrected chi connectivity index (χ3v) is 5.87. The number of carbonyl (C=O) groups excluding carboxylic acids is 2. The van der Waals surface area contributed by atoms with Crippen molar-refractivity contribution in [2.45, 2.75) is 25.8 Å². The van der Waals surface area contributed by atoms with Gasteiger partial charge >= 0.3 is 5.97 Å². The minimum absolute atomic E-state index is 0.224. The lowest BCUT2D eigenvalue weighted by Crippen LogP contribution is -2.45. The Labute approximate surface area is 235 Å². The van der Waals surface area contributed by atoms with Gasteiger partial charge in [0.25, 0.3) is 0 Å². The first kappa shape index (κ1) is 31.7. The van der Waals surface area contributed by atoms with Crippen molar-refractivity contribution < 1.29 is 19.4 Å². The van der Waals surface area contributed by atoms with Gasteiger partial charge in [0.2, 0.25) is 17.8 Å². The first-order valence-corrected chi connectivity index (χ1v) is 12.8. The predicted molar refractivity (Wildman–Crippen MR) is 157 cm³/mol. The summed E-state index contributed by atoms with van der Waals surface area (Å²) in [7, 11) is 8.84. The topological polar surface area (TPSA) is 140 Å². The van der Waals surface area contributed by atoms with Crippen LogP contribution in [0.25, 0.3) is 0 Å². The molecule has 0 aliphatic carbocycles. The number of halogens is 1. The molecule has 12 heteroatoms. The molecule has 40 heavy (non-hydrogen) atoms. The molecule has 214 valence electrons. The first-order valence-electron chi connectivity index (χ1n) is 12.8. The average molecular weight is 553 g/mol. The van der Waals surface area contributed by atoms with Crippen LogP contribution in [0.15, 0.2) is 36.5 Å². The molecule has 0 saturated carbocycles. The maximum atomic E-state index is 13.7. The Hall–Kier alpha value is -4.50. The highest BCUT2D eigenvalue weighted by molar-refractivity contribution is 5.96. The number of nitrogens with zero attached hydrogens (tertiary/aromatic N) is 4. The van der Waals surface area contributed by atoms with E-state index in [0.717, 1.165) is 0 Å². The van der Waals surface area contributed by atoms with Crippen LogP contribution in [-0.2, 0) is 9.59 Å². The molecule has 0 aliphatic rings. The smallest absolute Gasteiger partial charge is 0.360 e. The molecule has 0 unspecified atom stereocenters. The molecule has 0 bridgehead atoms. The summed E-state index contributed by atoms with van der Waals surface area (Å²) >= 11 is 0. The van der Waals surface area contributed by atoms with Crippen LogP contribution in [0.4, 0.5) is 27.5 Å². The van der Waals surface area contributed by atoms with E-state index in [2.05, 4.69) is 43.1 Å². The zero-order chi connectivity index (χ0) is 29.7. The fourth-order valence-corrected chi connectivity index (χ4v) is 3.43. The summed E-state index contributed by atoms with van der Waals surface area (Å²) in [6.45, 7) is 2.77. The van der Waals surface area contributed by atoms with Gasteiger partial charge in [0, 0.05) is 52.4 Å². The van der Waals surface area contributed by atoms with Crippen LogP contribution in [0, 0.1) is 11.8 Å². The van der Waals surface area contributed by atoms with Gasteiger partial charge in [0.1, 0.15) is 17.4 Å². The summed E-state index contributed by atoms with van der Waals surface area (Å²) < 4.78 is 13.7. The number of nitrogens with two attached hydrogens (primary N) is 1. The highest BCUT2D eigenvalue weighted by atomic mass is 19.1. The minimum Gasteiger partial charge on any atom is -0.387 e. The Bertz CT molecular complexity index is 1280. The number of likely N-dealkylation sites (N-methyl/N-ethyl adjacent to an activating group) is 2. The lowest BCUT2D eigenvalue weighted by atomic mass is 10.1. The van der Waals surface area contributed by atoms with E-state index >= 15 is 0 Å². The number of carbonyl (C=O) groups is 2. The van der Waals surface area contributed by atoms with Gasteiger partial charge in [-0.2, -0.15) is 4.98 Å². The number of hydrogen-bond acceptors (Lipinski definition) is 8. The van der Waals surface area contributed by atoms with Gasteiger partial charge in [0.15, 0.2) is 0 Å². The zero-order valence-corrected chi connectivity index (χ0v) is 23.9. The van der Waals surface area contributed by atoms with E-state index in [4.69, 9.17) is 5.41 Å². The van der Waals surface area contributed by atoms with Crippen LogP contribution in [0.2, 0.25) is 0 Å². The number of benzene rings is 1. The summed E-state index contributed by atoms with van der Waals surface area (Å²) in [5, 5.41) is 17.1. The van der Waals surface area contributed by atoms with Crippen molar-refractivity contribution in [3.05, 3.63) is 47.7 Å². The minimum atomic E-state index is -0.796. The molecule has 2 rings (SSSR count). The third-order valence-electron chi connectivity index (χ3n) is 5.87. The Morgan fingerprint density at radius 1 is 1.20 bits per heavy atom. The first-order chi connectivity index (χ1) is 19.1. The lowest BCUT2D eigenvalue weighted by Gasteiger charge is -2.23. The molecular weight excluding hydrogens is 513 g/mol. The number of amides is 2. The number of aromatic nitrogens is 2. The summed E-state index contributed by atoms with van der Waals surface area (Å²) in [6, 6.07) is 4.43. The summed E-state index contributed by atoms with van der Waals surface area (Å²) in [5.41, 5.74) is 1.99. The van der Waals surface area contributed by atoms with Crippen LogP contribution in [0.3, 0.4) is 0 Å². The molecule has 1 aromatic carbocycles. The molecule has 0 fully saturated rings. The second-order valence-electron chi connectivity index (χ2n) is 9.18. The monoisotopic (exact) mass is 552 g/mol. The highest BCUT2D eigenvalue weighted by Crippen LogP contribution is 2.23. The van der Waals surface area contributed by atoms with Gasteiger partial charge in [-0.05, 0) is 45.6 Å². The van der Waals surface area contributed by atoms with E-state index in [1.165, 1.54) is 11.0 Å². The van der Waals surface area contributed by atoms with E-state index < -0.39 is 12.0 Å². The summed E-state index contributed by atoms with van der Waals surface area (Å²) in [4.78, 5) is 36.7. The third kappa shape index (κ3) is 9.67. The van der Waals surface area contributed by atoms with E-state index in [0.29, 0.717) is 54.6 Å². The van der Waals surface area contributed by atoms with Crippen molar-refractivity contribution in [2.24, 2.45) is 0 Å². The van der Waals surface area contributed by atoms with Crippen molar-refractivity contribution in [3.63, 3.8) is 0 Å². The molecule has 0 radical (unpaired) electrons. The Balaban J connectivity index is 1.88. The van der Waals surface area contributed by atoms with Gasteiger partial charge in [-0.3, -0.25) is 9.59 Å². The molecule has 1 heterocycles. The van der Waals surface area contributed by atoms with Crippen LogP contribution in [0.1, 0.15) is 30.9 Å². The second-order valence-corrected chi connectivity index (χ2v) is 9.18. The quantitative estimate of drug-likeness (QED) is 0.107. The van der Waals surface area contributed by atoms with E-state index in [9.17, 15) is 14.0 Å². The zero-order valence-electron chi connectivity index (χ0n) is 23.9. The normalized spacial score (nSPS) is 11.4. The maximum Gasteiger partial charge on any atom is 0.360 e. The molecule has 6 N–H and O–H groups in total. The number of unbranched alkanes of at least 4 members (excludes halogenated alkanes) is 1. The highest BCUT2D eigenvalue weighted by Gasteiger charge is 2.20. The van der Waals surface area contributed by atoms with Crippen LogP contribution in [0.5, 0.6) is 0 Å². The summed E-state index contributed by atoms with van der Waals surface area (Å²) in [5.74, 6) is 5.71. The SMILES string of the molecule is CNc1ccc(Nc2ncc(C#CCCCNC(=O)[C@H](C)N(C)C(=O)/C=C/CN(C)C)c(NC)n2)cc1C(=[NH2+])F. The summed E-state index contributed by atoms with van der Waals surface area (Å²) in [6.07, 6.45) is 6.01. The molecule has 0 spiro atoms. The van der Waals surface area contributed by atoms with Crippen LogP contribution >= 0.6 is 0 Å². The van der Waals surface area contributed by atoms with Crippen LogP contribution in [-0.4, -0.2) is 91.9 Å². The van der Waals surface area contributed by atoms with Crippen molar-refractivity contribution in [1.82, 2.24) is 25.1 Å². The molecule has 1 aromatic heterocycles. The predicted octanol–water partition coefficient (Wildman–Crippen LogP) is 0.991. The van der Waals surface area contributed by atoms with Gasteiger partial charge in [0.05, 0.1) is 17.4 Å². The van der Waals surface area contributed by atoms with Crippen molar-refractivity contribution in [3.8, 4) is 11.8 Å². The van der Waals surface area contributed by atoms with Crippen LogP contribution < -0.4 is 26.7 Å². The fraction of sp³-hybridized carbons (Fsp3) is 0.393. The lowest BCUT2D eigenvalue weighted by molar-refractivity contribution is -0.135. The molecule has 0 saturated heterocycles. The average Bonchev–Trinajstić information content (AvgIpc) is 2.93. The molecule has 1 atom stereocenters. The van der Waals surface area contributed by atoms with Gasteiger partial charge < -0.3 is 31.1 Å².